The topological polar surface area (TPSA) is 84.3 Å². The second-order valence-corrected chi connectivity index (χ2v) is 5.40. The van der Waals surface area contributed by atoms with Crippen molar-refractivity contribution in [3.63, 3.8) is 0 Å². The van der Waals surface area contributed by atoms with Gasteiger partial charge in [-0.1, -0.05) is 60.7 Å². The molecule has 0 unspecified atom stereocenters. The third-order valence-electron chi connectivity index (χ3n) is 3.82. The lowest BCUT2D eigenvalue weighted by Crippen LogP contribution is -2.34. The molecule has 6 nitrogen and oxygen atoms in total. The summed E-state index contributed by atoms with van der Waals surface area (Å²) in [5, 5.41) is 2.61. The molecule has 0 atom stereocenters. The number of aromatic amines is 1. The average molecular weight is 333 g/mol. The van der Waals surface area contributed by atoms with Gasteiger partial charge in [-0.25, -0.2) is 4.79 Å². The molecule has 0 aliphatic carbocycles. The Bertz CT molecular complexity index is 966. The second-order valence-electron chi connectivity index (χ2n) is 5.40. The summed E-state index contributed by atoms with van der Waals surface area (Å²) in [6.07, 6.45) is 3.68. The first-order valence-electron chi connectivity index (χ1n) is 7.65. The fraction of sp³-hybridized carbons (Fsp3) is 0.0526. The predicted molar refractivity (Wildman–Crippen MR) is 96.3 cm³/mol. The SMILES string of the molecule is O=N/C=C/c1cn(C(c2ccccc2)c2ccccc2)c(=O)[nH]c1=O. The highest BCUT2D eigenvalue weighted by Gasteiger charge is 2.18. The Hall–Kier alpha value is -3.54. The second kappa shape index (κ2) is 7.35. The Labute approximate surface area is 143 Å². The molecule has 2 aromatic carbocycles. The lowest BCUT2D eigenvalue weighted by Gasteiger charge is -2.21. The van der Waals surface area contributed by atoms with Crippen LogP contribution < -0.4 is 11.2 Å². The molecule has 1 heterocycles. The quantitative estimate of drug-likeness (QED) is 0.729. The molecular weight excluding hydrogens is 318 g/mol. The molecule has 3 aromatic rings. The molecule has 0 bridgehead atoms. The van der Waals surface area contributed by atoms with Crippen molar-refractivity contribution >= 4 is 6.08 Å². The summed E-state index contributed by atoms with van der Waals surface area (Å²) in [5.74, 6) is 0. The normalized spacial score (nSPS) is 11.1. The Morgan fingerprint density at radius 3 is 2.00 bits per heavy atom. The molecule has 124 valence electrons. The molecule has 0 aliphatic rings. The molecule has 1 aromatic heterocycles. The molecule has 25 heavy (non-hydrogen) atoms. The number of aromatic nitrogens is 2. The minimum Gasteiger partial charge on any atom is -0.288 e. The van der Waals surface area contributed by atoms with E-state index in [2.05, 4.69) is 10.2 Å². The van der Waals surface area contributed by atoms with Crippen LogP contribution in [0.2, 0.25) is 0 Å². The van der Waals surface area contributed by atoms with E-state index in [1.54, 1.807) is 0 Å². The minimum absolute atomic E-state index is 0.177. The standard InChI is InChI=1S/C19H15N3O3/c23-18-16(11-12-20-25)13-22(19(24)21-18)17(14-7-3-1-4-8-14)15-9-5-2-6-10-15/h1-13,17H,(H,21,23,24)/b12-11+. The van der Waals surface area contributed by atoms with E-state index in [-0.39, 0.29) is 5.56 Å². The lowest BCUT2D eigenvalue weighted by molar-refractivity contribution is 0.625. The van der Waals surface area contributed by atoms with Gasteiger partial charge in [-0.2, -0.15) is 0 Å². The van der Waals surface area contributed by atoms with E-state index in [1.807, 2.05) is 60.7 Å². The Balaban J connectivity index is 2.24. The number of nitrogens with one attached hydrogen (secondary N) is 1. The van der Waals surface area contributed by atoms with Crippen LogP contribution in [0.25, 0.3) is 6.08 Å². The number of hydrogen-bond acceptors (Lipinski definition) is 4. The van der Waals surface area contributed by atoms with Crippen LogP contribution in [-0.2, 0) is 0 Å². The van der Waals surface area contributed by atoms with Gasteiger partial charge < -0.3 is 0 Å². The fourth-order valence-electron chi connectivity index (χ4n) is 2.71. The highest BCUT2D eigenvalue weighted by molar-refractivity contribution is 5.46. The number of nitrogens with zero attached hydrogens (tertiary/aromatic N) is 2. The molecular formula is C19H15N3O3. The van der Waals surface area contributed by atoms with Gasteiger partial charge in [0, 0.05) is 6.20 Å². The number of H-pyrrole nitrogens is 1. The molecule has 0 aliphatic heterocycles. The van der Waals surface area contributed by atoms with E-state index in [4.69, 9.17) is 0 Å². The summed E-state index contributed by atoms with van der Waals surface area (Å²) in [7, 11) is 0. The highest BCUT2D eigenvalue weighted by Crippen LogP contribution is 2.25. The molecule has 1 N–H and O–H groups in total. The molecule has 0 saturated heterocycles. The molecule has 3 rings (SSSR count). The number of benzene rings is 2. The van der Waals surface area contributed by atoms with Gasteiger partial charge in [-0.3, -0.25) is 14.3 Å². The summed E-state index contributed by atoms with van der Waals surface area (Å²) < 4.78 is 1.44. The zero-order chi connectivity index (χ0) is 17.6. The van der Waals surface area contributed by atoms with Crippen LogP contribution in [0.4, 0.5) is 0 Å². The van der Waals surface area contributed by atoms with Crippen LogP contribution in [0.5, 0.6) is 0 Å². The lowest BCUT2D eigenvalue weighted by atomic mass is 9.98. The molecule has 0 spiro atoms. The van der Waals surface area contributed by atoms with Crippen LogP contribution in [0.3, 0.4) is 0 Å². The van der Waals surface area contributed by atoms with Gasteiger partial charge >= 0.3 is 5.69 Å². The molecule has 0 fully saturated rings. The van der Waals surface area contributed by atoms with Gasteiger partial charge in [-0.15, -0.1) is 4.91 Å². The van der Waals surface area contributed by atoms with Crippen LogP contribution in [-0.4, -0.2) is 9.55 Å². The third kappa shape index (κ3) is 3.53. The van der Waals surface area contributed by atoms with Gasteiger partial charge in [0.05, 0.1) is 17.8 Å². The maximum absolute atomic E-state index is 12.5. The van der Waals surface area contributed by atoms with Crippen molar-refractivity contribution in [1.29, 1.82) is 0 Å². The van der Waals surface area contributed by atoms with Crippen molar-refractivity contribution in [1.82, 2.24) is 9.55 Å². The zero-order valence-electron chi connectivity index (χ0n) is 13.2. The minimum atomic E-state index is -0.568. The molecule has 0 radical (unpaired) electrons. The molecule has 0 amide bonds. The van der Waals surface area contributed by atoms with Crippen LogP contribution in [0.1, 0.15) is 22.7 Å². The zero-order valence-corrected chi connectivity index (χ0v) is 13.2. The van der Waals surface area contributed by atoms with Crippen LogP contribution >= 0.6 is 0 Å². The molecule has 6 heteroatoms. The smallest absolute Gasteiger partial charge is 0.288 e. The van der Waals surface area contributed by atoms with Gasteiger partial charge in [0.1, 0.15) is 0 Å². The fourth-order valence-corrected chi connectivity index (χ4v) is 2.71. The summed E-state index contributed by atoms with van der Waals surface area (Å²) in [4.78, 5) is 37.0. The number of rotatable bonds is 5. The van der Waals surface area contributed by atoms with Crippen molar-refractivity contribution in [2.24, 2.45) is 5.18 Å². The van der Waals surface area contributed by atoms with Crippen molar-refractivity contribution in [3.05, 3.63) is 115 Å². The number of nitroso groups, excluding NO2 is 1. The summed E-state index contributed by atoms with van der Waals surface area (Å²) >= 11 is 0. The predicted octanol–water partition coefficient (Wildman–Crippen LogP) is 2.91. The summed E-state index contributed by atoms with van der Waals surface area (Å²) in [5.41, 5.74) is 0.869. The Morgan fingerprint density at radius 1 is 0.920 bits per heavy atom. The van der Waals surface area contributed by atoms with Gasteiger partial charge in [-0.05, 0) is 22.4 Å². The maximum Gasteiger partial charge on any atom is 0.329 e. The Kier molecular flexibility index (Phi) is 4.80. The third-order valence-corrected chi connectivity index (χ3v) is 3.82. The van der Waals surface area contributed by atoms with Crippen molar-refractivity contribution in [2.75, 3.05) is 0 Å². The summed E-state index contributed by atoms with van der Waals surface area (Å²) in [6.45, 7) is 0. The monoisotopic (exact) mass is 333 g/mol. The first-order valence-corrected chi connectivity index (χ1v) is 7.65. The maximum atomic E-state index is 12.5. The van der Waals surface area contributed by atoms with E-state index < -0.39 is 17.3 Å². The van der Waals surface area contributed by atoms with E-state index in [0.717, 1.165) is 17.3 Å². The Morgan fingerprint density at radius 2 is 1.48 bits per heavy atom. The molecule has 0 saturated carbocycles. The van der Waals surface area contributed by atoms with Crippen LogP contribution in [0, 0.1) is 4.91 Å². The van der Waals surface area contributed by atoms with E-state index >= 15 is 0 Å². The highest BCUT2D eigenvalue weighted by atomic mass is 16.2. The largest absolute Gasteiger partial charge is 0.329 e. The van der Waals surface area contributed by atoms with Crippen molar-refractivity contribution in [2.45, 2.75) is 6.04 Å². The van der Waals surface area contributed by atoms with Crippen molar-refractivity contribution < 1.29 is 0 Å². The first kappa shape index (κ1) is 16.3. The first-order chi connectivity index (χ1) is 12.2. The van der Waals surface area contributed by atoms with E-state index in [9.17, 15) is 14.5 Å². The van der Waals surface area contributed by atoms with Gasteiger partial charge in [0.15, 0.2) is 0 Å². The van der Waals surface area contributed by atoms with Gasteiger partial charge in [0.2, 0.25) is 0 Å². The average Bonchev–Trinajstić information content (AvgIpc) is 2.64. The van der Waals surface area contributed by atoms with E-state index in [0.29, 0.717) is 0 Å². The van der Waals surface area contributed by atoms with Crippen LogP contribution in [0.15, 0.2) is 87.8 Å². The van der Waals surface area contributed by atoms with Gasteiger partial charge in [0.25, 0.3) is 5.56 Å². The summed E-state index contributed by atoms with van der Waals surface area (Å²) in [6, 6.07) is 18.6. The number of hydrogen-bond donors (Lipinski definition) is 1. The van der Waals surface area contributed by atoms with Crippen molar-refractivity contribution in [3.8, 4) is 0 Å². The van der Waals surface area contributed by atoms with E-state index in [1.165, 1.54) is 16.8 Å².